The molecule has 4 aromatic rings. The number of carboxylic acid groups (broad SMARTS) is 1. The van der Waals surface area contributed by atoms with E-state index >= 15 is 0 Å². The molecular weight excluding hydrogens is 577 g/mol. The van der Waals surface area contributed by atoms with Gasteiger partial charge in [-0.1, -0.05) is 19.8 Å². The van der Waals surface area contributed by atoms with Crippen LogP contribution in [0, 0.1) is 0 Å². The number of aryl methyl sites for hydroxylation is 2. The highest BCUT2D eigenvalue weighted by Crippen LogP contribution is 2.17. The Morgan fingerprint density at radius 2 is 1.87 bits per heavy atom. The van der Waals surface area contributed by atoms with E-state index in [1.54, 1.807) is 12.4 Å². The lowest BCUT2D eigenvalue weighted by molar-refractivity contribution is -0.192. The van der Waals surface area contributed by atoms with Crippen LogP contribution in [0.3, 0.4) is 0 Å². The fraction of sp³-hybridized carbons (Fsp3) is 0.409. The number of hydrogen-bond donors (Lipinski definition) is 3. The number of carbonyl (C=O) groups excluding carboxylic acids is 1. The zero-order valence-corrected chi connectivity index (χ0v) is 21.7. The molecule has 0 fully saturated rings. The minimum atomic E-state index is -5.08. The Balaban J connectivity index is 0.000000505. The molecule has 0 radical (unpaired) electrons. The zero-order chi connectivity index (χ0) is 27.9. The van der Waals surface area contributed by atoms with Gasteiger partial charge in [0.15, 0.2) is 15.9 Å². The first-order valence-corrected chi connectivity index (χ1v) is 12.3. The first kappa shape index (κ1) is 28.7. The number of pyridine rings is 1. The lowest BCUT2D eigenvalue weighted by Gasteiger charge is -2.09. The molecule has 4 rings (SSSR count). The van der Waals surface area contributed by atoms with Crippen LogP contribution in [0.2, 0.25) is 0 Å². The van der Waals surface area contributed by atoms with Gasteiger partial charge in [-0.15, -0.1) is 10.2 Å². The number of nitrogens with one attached hydrogen (secondary N) is 2. The van der Waals surface area contributed by atoms with Crippen molar-refractivity contribution in [2.45, 2.75) is 58.3 Å². The number of amides is 1. The Kier molecular flexibility index (Phi) is 9.55. The summed E-state index contributed by atoms with van der Waals surface area (Å²) < 4.78 is 35.6. The molecule has 0 bridgehead atoms. The average Bonchev–Trinajstić information content (AvgIpc) is 3.48. The summed E-state index contributed by atoms with van der Waals surface area (Å²) in [4.78, 5) is 45.6. The SMILES string of the molecule is CCCCCn1c2nc(Br)[nH]c2c(=O)n2c(CCC(=O)NCc3ccncc3)nnc12.O=C(O)C(F)(F)F. The first-order chi connectivity index (χ1) is 18.0. The summed E-state index contributed by atoms with van der Waals surface area (Å²) in [5.41, 5.74) is 1.64. The van der Waals surface area contributed by atoms with Crippen LogP contribution in [0.25, 0.3) is 16.9 Å². The van der Waals surface area contributed by atoms with Crippen molar-refractivity contribution in [1.29, 1.82) is 0 Å². The van der Waals surface area contributed by atoms with Crippen molar-refractivity contribution < 1.29 is 27.9 Å². The maximum absolute atomic E-state index is 13.1. The van der Waals surface area contributed by atoms with Crippen molar-refractivity contribution in [1.82, 2.24) is 39.4 Å². The molecular formula is C22H24BrF3N8O4. The van der Waals surface area contributed by atoms with Gasteiger partial charge < -0.3 is 15.4 Å². The second kappa shape index (κ2) is 12.6. The van der Waals surface area contributed by atoms with Crippen molar-refractivity contribution in [2.24, 2.45) is 0 Å². The number of rotatable bonds is 9. The van der Waals surface area contributed by atoms with Crippen LogP contribution in [0.5, 0.6) is 0 Å². The van der Waals surface area contributed by atoms with E-state index in [0.29, 0.717) is 47.0 Å². The molecule has 0 aliphatic carbocycles. The molecule has 0 aromatic carbocycles. The third-order valence-electron chi connectivity index (χ3n) is 5.33. The highest BCUT2D eigenvalue weighted by Gasteiger charge is 2.38. The molecule has 16 heteroatoms. The lowest BCUT2D eigenvalue weighted by Crippen LogP contribution is -2.24. The molecule has 12 nitrogen and oxygen atoms in total. The van der Waals surface area contributed by atoms with E-state index in [4.69, 9.17) is 9.90 Å². The van der Waals surface area contributed by atoms with Gasteiger partial charge in [-0.25, -0.2) is 14.2 Å². The number of unbranched alkanes of at least 4 members (excludes halogenated alkanes) is 2. The summed E-state index contributed by atoms with van der Waals surface area (Å²) in [5.74, 6) is -1.98. The van der Waals surface area contributed by atoms with E-state index in [0.717, 1.165) is 24.8 Å². The molecule has 204 valence electrons. The van der Waals surface area contributed by atoms with Gasteiger partial charge in [-0.2, -0.15) is 13.2 Å². The number of carboxylic acids is 1. The molecule has 4 heterocycles. The summed E-state index contributed by atoms with van der Waals surface area (Å²) in [6.07, 6.45) is 1.86. The molecule has 3 N–H and O–H groups in total. The maximum atomic E-state index is 13.1. The molecule has 0 spiro atoms. The van der Waals surface area contributed by atoms with E-state index < -0.39 is 12.1 Å². The molecule has 0 unspecified atom stereocenters. The second-order valence-electron chi connectivity index (χ2n) is 8.08. The van der Waals surface area contributed by atoms with Gasteiger partial charge in [0.25, 0.3) is 5.56 Å². The van der Waals surface area contributed by atoms with Gasteiger partial charge in [0.05, 0.1) is 0 Å². The highest BCUT2D eigenvalue weighted by molar-refractivity contribution is 9.10. The number of aromatic amines is 1. The van der Waals surface area contributed by atoms with Crippen molar-refractivity contribution >= 4 is 44.7 Å². The molecule has 4 aromatic heterocycles. The van der Waals surface area contributed by atoms with E-state index in [1.807, 2.05) is 16.7 Å². The van der Waals surface area contributed by atoms with Gasteiger partial charge in [0.2, 0.25) is 11.7 Å². The minimum Gasteiger partial charge on any atom is -0.475 e. The minimum absolute atomic E-state index is 0.123. The number of nitrogens with zero attached hydrogens (tertiary/aromatic N) is 6. The van der Waals surface area contributed by atoms with Crippen molar-refractivity contribution in [3.63, 3.8) is 0 Å². The largest absolute Gasteiger partial charge is 0.490 e. The van der Waals surface area contributed by atoms with Crippen LogP contribution in [0.15, 0.2) is 34.1 Å². The van der Waals surface area contributed by atoms with Gasteiger partial charge in [0.1, 0.15) is 5.82 Å². The Hall–Kier alpha value is -3.82. The fourth-order valence-corrected chi connectivity index (χ4v) is 3.85. The molecule has 0 saturated heterocycles. The van der Waals surface area contributed by atoms with Crippen LogP contribution >= 0.6 is 15.9 Å². The first-order valence-electron chi connectivity index (χ1n) is 11.5. The zero-order valence-electron chi connectivity index (χ0n) is 20.1. The molecule has 0 saturated carbocycles. The third kappa shape index (κ3) is 7.14. The highest BCUT2D eigenvalue weighted by atomic mass is 79.9. The molecule has 0 atom stereocenters. The number of hydrogen-bond acceptors (Lipinski definition) is 7. The summed E-state index contributed by atoms with van der Waals surface area (Å²) >= 11 is 3.32. The van der Waals surface area contributed by atoms with Crippen LogP contribution in [0.1, 0.15) is 44.0 Å². The number of imidazole rings is 1. The monoisotopic (exact) mass is 600 g/mol. The number of fused-ring (bicyclic) bond motifs is 2. The van der Waals surface area contributed by atoms with Crippen molar-refractivity contribution in [3.8, 4) is 0 Å². The fourth-order valence-electron chi connectivity index (χ4n) is 3.48. The number of aromatic nitrogens is 7. The molecule has 0 aliphatic rings. The number of carbonyl (C=O) groups is 2. The maximum Gasteiger partial charge on any atom is 0.490 e. The Bertz CT molecular complexity index is 1470. The van der Waals surface area contributed by atoms with Crippen molar-refractivity contribution in [3.05, 3.63) is 51.0 Å². The van der Waals surface area contributed by atoms with Gasteiger partial charge >= 0.3 is 12.1 Å². The molecule has 0 aliphatic heterocycles. The molecule has 1 amide bonds. The average molecular weight is 601 g/mol. The summed E-state index contributed by atoms with van der Waals surface area (Å²) in [6, 6.07) is 3.70. The summed E-state index contributed by atoms with van der Waals surface area (Å²) in [5, 5.41) is 18.5. The second-order valence-corrected chi connectivity index (χ2v) is 8.83. The van der Waals surface area contributed by atoms with Gasteiger partial charge in [-0.05, 0) is 40.0 Å². The quantitative estimate of drug-likeness (QED) is 0.195. The smallest absolute Gasteiger partial charge is 0.475 e. The van der Waals surface area contributed by atoms with E-state index in [-0.39, 0.29) is 17.9 Å². The number of H-pyrrole nitrogens is 1. The number of halogens is 4. The normalized spacial score (nSPS) is 11.4. The summed E-state index contributed by atoms with van der Waals surface area (Å²) in [6.45, 7) is 3.24. The van der Waals surface area contributed by atoms with Crippen LogP contribution in [-0.4, -0.2) is 57.3 Å². The van der Waals surface area contributed by atoms with Crippen molar-refractivity contribution in [2.75, 3.05) is 0 Å². The Labute approximate surface area is 221 Å². The van der Waals surface area contributed by atoms with E-state index in [2.05, 4.69) is 53.3 Å². The topological polar surface area (TPSA) is 160 Å². The van der Waals surface area contributed by atoms with E-state index in [9.17, 15) is 22.8 Å². The lowest BCUT2D eigenvalue weighted by atomic mass is 10.2. The van der Waals surface area contributed by atoms with Gasteiger partial charge in [0, 0.05) is 38.3 Å². The Morgan fingerprint density at radius 3 is 2.50 bits per heavy atom. The van der Waals surface area contributed by atoms with Crippen LogP contribution in [-0.2, 0) is 29.1 Å². The van der Waals surface area contributed by atoms with E-state index in [1.165, 1.54) is 4.40 Å². The van der Waals surface area contributed by atoms with Crippen LogP contribution in [0.4, 0.5) is 13.2 Å². The molecule has 38 heavy (non-hydrogen) atoms. The summed E-state index contributed by atoms with van der Waals surface area (Å²) in [7, 11) is 0. The third-order valence-corrected chi connectivity index (χ3v) is 5.70. The van der Waals surface area contributed by atoms with Crippen LogP contribution < -0.4 is 10.9 Å². The predicted molar refractivity (Wildman–Crippen MR) is 132 cm³/mol. The predicted octanol–water partition coefficient (Wildman–Crippen LogP) is 3.00. The standard InChI is InChI=1S/C20H23BrN8O2.C2HF3O2/c1-2-3-4-11-28-17-16(24-19(21)25-17)18(31)29-14(26-27-20(28)29)5-6-15(30)23-12-13-7-9-22-10-8-13;3-2(4,5)1(6)7/h7-10H,2-6,11-12H2,1H3,(H,23,30)(H,24,25);(H,6,7). The Morgan fingerprint density at radius 1 is 1.18 bits per heavy atom. The van der Waals surface area contributed by atoms with Gasteiger partial charge in [-0.3, -0.25) is 19.1 Å². The number of alkyl halides is 3. The number of aliphatic carboxylic acids is 1.